The van der Waals surface area contributed by atoms with Gasteiger partial charge in [0.15, 0.2) is 0 Å². The zero-order chi connectivity index (χ0) is 11.1. The van der Waals surface area contributed by atoms with Crippen molar-refractivity contribution in [2.75, 3.05) is 25.5 Å². The molecule has 0 amide bonds. The summed E-state index contributed by atoms with van der Waals surface area (Å²) in [7, 11) is 0. The minimum Gasteiger partial charge on any atom is -0.373 e. The number of alkyl halides is 1. The van der Waals surface area contributed by atoms with Crippen molar-refractivity contribution in [3.8, 4) is 0 Å². The van der Waals surface area contributed by atoms with Crippen LogP contribution in [0.5, 0.6) is 0 Å². The van der Waals surface area contributed by atoms with Crippen molar-refractivity contribution in [1.29, 1.82) is 0 Å². The zero-order valence-corrected chi connectivity index (χ0v) is 10.8. The molecule has 3 heteroatoms. The molecule has 0 bridgehead atoms. The normalized spacial score (nSPS) is 28.2. The van der Waals surface area contributed by atoms with E-state index in [1.807, 2.05) is 0 Å². The summed E-state index contributed by atoms with van der Waals surface area (Å²) in [6.45, 7) is 7.74. The molecule has 0 radical (unpaired) electrons. The predicted octanol–water partition coefficient (Wildman–Crippen LogP) is 2.89. The first-order valence-electron chi connectivity index (χ1n) is 6.16. The van der Waals surface area contributed by atoms with Crippen LogP contribution in [-0.2, 0) is 4.74 Å². The van der Waals surface area contributed by atoms with E-state index in [0.717, 1.165) is 25.4 Å². The van der Waals surface area contributed by atoms with Crippen molar-refractivity contribution in [3.05, 3.63) is 0 Å². The van der Waals surface area contributed by atoms with E-state index in [0.29, 0.717) is 12.2 Å². The molecule has 2 atom stereocenters. The molecule has 1 aliphatic heterocycles. The first-order valence-corrected chi connectivity index (χ1v) is 6.69. The SMILES string of the molecule is C[C@@H]1CN(CCCCCCCl)C[C@H](C)O1. The lowest BCUT2D eigenvalue weighted by Gasteiger charge is -2.35. The Kier molecular flexibility index (Phi) is 6.62. The van der Waals surface area contributed by atoms with Crippen molar-refractivity contribution in [1.82, 2.24) is 4.90 Å². The summed E-state index contributed by atoms with van der Waals surface area (Å²) in [5.74, 6) is 0.811. The third kappa shape index (κ3) is 5.74. The van der Waals surface area contributed by atoms with Crippen molar-refractivity contribution >= 4 is 11.6 Å². The number of nitrogens with zero attached hydrogens (tertiary/aromatic N) is 1. The van der Waals surface area contributed by atoms with Crippen molar-refractivity contribution in [2.45, 2.75) is 51.7 Å². The standard InChI is InChI=1S/C12H24ClNO/c1-11-9-14(10-12(2)15-11)8-6-4-3-5-7-13/h11-12H,3-10H2,1-2H3/t11-,12+. The molecule has 1 aliphatic rings. The van der Waals surface area contributed by atoms with E-state index in [2.05, 4.69) is 18.7 Å². The Balaban J connectivity index is 2.04. The maximum Gasteiger partial charge on any atom is 0.0678 e. The number of hydrogen-bond acceptors (Lipinski definition) is 2. The van der Waals surface area contributed by atoms with Gasteiger partial charge in [-0.25, -0.2) is 0 Å². The summed E-state index contributed by atoms with van der Waals surface area (Å²) in [6, 6.07) is 0. The van der Waals surface area contributed by atoms with Gasteiger partial charge in [0.2, 0.25) is 0 Å². The first kappa shape index (κ1) is 13.3. The van der Waals surface area contributed by atoms with Gasteiger partial charge >= 0.3 is 0 Å². The van der Waals surface area contributed by atoms with Crippen LogP contribution >= 0.6 is 11.6 Å². The van der Waals surface area contributed by atoms with Gasteiger partial charge < -0.3 is 4.74 Å². The fourth-order valence-electron chi connectivity index (χ4n) is 2.25. The van der Waals surface area contributed by atoms with Crippen molar-refractivity contribution < 1.29 is 4.74 Å². The van der Waals surface area contributed by atoms with Crippen LogP contribution in [0.25, 0.3) is 0 Å². The molecule has 0 N–H and O–H groups in total. The first-order chi connectivity index (χ1) is 7.22. The highest BCUT2D eigenvalue weighted by Gasteiger charge is 2.21. The fraction of sp³-hybridized carbons (Fsp3) is 1.00. The molecule has 2 nitrogen and oxygen atoms in total. The Morgan fingerprint density at radius 1 is 1.07 bits per heavy atom. The molecular formula is C12H24ClNO. The number of halogens is 1. The molecule has 0 aromatic heterocycles. The molecule has 1 saturated heterocycles. The quantitative estimate of drug-likeness (QED) is 0.517. The van der Waals surface area contributed by atoms with Crippen LogP contribution < -0.4 is 0 Å². The number of hydrogen-bond donors (Lipinski definition) is 0. The van der Waals surface area contributed by atoms with Gasteiger partial charge in [-0.2, -0.15) is 0 Å². The lowest BCUT2D eigenvalue weighted by Crippen LogP contribution is -2.45. The van der Waals surface area contributed by atoms with Gasteiger partial charge in [-0.05, 0) is 33.2 Å². The second kappa shape index (κ2) is 7.48. The van der Waals surface area contributed by atoms with Gasteiger partial charge in [0, 0.05) is 19.0 Å². The van der Waals surface area contributed by atoms with E-state index >= 15 is 0 Å². The largest absolute Gasteiger partial charge is 0.373 e. The van der Waals surface area contributed by atoms with E-state index in [1.165, 1.54) is 25.8 Å². The van der Waals surface area contributed by atoms with E-state index < -0.39 is 0 Å². The topological polar surface area (TPSA) is 12.5 Å². The number of rotatable bonds is 6. The van der Waals surface area contributed by atoms with E-state index in [9.17, 15) is 0 Å². The van der Waals surface area contributed by atoms with E-state index in [-0.39, 0.29) is 0 Å². The van der Waals surface area contributed by atoms with Gasteiger partial charge in [0.25, 0.3) is 0 Å². The van der Waals surface area contributed by atoms with Gasteiger partial charge in [0.05, 0.1) is 12.2 Å². The average molecular weight is 234 g/mol. The van der Waals surface area contributed by atoms with Gasteiger partial charge in [-0.15, -0.1) is 11.6 Å². The Bertz CT molecular complexity index is 156. The zero-order valence-electron chi connectivity index (χ0n) is 10.0. The molecule has 1 heterocycles. The average Bonchev–Trinajstić information content (AvgIpc) is 2.16. The molecule has 0 spiro atoms. The summed E-state index contributed by atoms with van der Waals surface area (Å²) in [4.78, 5) is 2.53. The van der Waals surface area contributed by atoms with Gasteiger partial charge in [0.1, 0.15) is 0 Å². The summed E-state index contributed by atoms with van der Waals surface area (Å²) in [5, 5.41) is 0. The molecule has 1 rings (SSSR count). The maximum atomic E-state index is 5.70. The molecule has 0 saturated carbocycles. The van der Waals surface area contributed by atoms with Gasteiger partial charge in [-0.1, -0.05) is 12.8 Å². The second-order valence-corrected chi connectivity index (χ2v) is 5.00. The molecule has 15 heavy (non-hydrogen) atoms. The molecule has 0 aliphatic carbocycles. The number of ether oxygens (including phenoxy) is 1. The smallest absolute Gasteiger partial charge is 0.0678 e. The van der Waals surface area contributed by atoms with Crippen LogP contribution in [0.1, 0.15) is 39.5 Å². The monoisotopic (exact) mass is 233 g/mol. The van der Waals surface area contributed by atoms with Crippen molar-refractivity contribution in [2.24, 2.45) is 0 Å². The van der Waals surface area contributed by atoms with Crippen LogP contribution in [0.4, 0.5) is 0 Å². The highest BCUT2D eigenvalue weighted by Crippen LogP contribution is 2.12. The molecule has 0 aromatic carbocycles. The summed E-state index contributed by atoms with van der Waals surface area (Å²) in [6.07, 6.45) is 5.85. The highest BCUT2D eigenvalue weighted by molar-refractivity contribution is 6.17. The predicted molar refractivity (Wildman–Crippen MR) is 65.6 cm³/mol. The van der Waals surface area contributed by atoms with Crippen LogP contribution in [0.3, 0.4) is 0 Å². The molecule has 1 fully saturated rings. The minimum absolute atomic E-state index is 0.400. The fourth-order valence-corrected chi connectivity index (χ4v) is 2.44. The molecular weight excluding hydrogens is 210 g/mol. The van der Waals surface area contributed by atoms with Crippen LogP contribution in [0.15, 0.2) is 0 Å². The maximum absolute atomic E-state index is 5.70. The third-order valence-corrected chi connectivity index (χ3v) is 3.12. The summed E-state index contributed by atoms with van der Waals surface area (Å²) >= 11 is 5.64. The lowest BCUT2D eigenvalue weighted by molar-refractivity contribution is -0.0681. The minimum atomic E-state index is 0.400. The Morgan fingerprint density at radius 3 is 2.27 bits per heavy atom. The second-order valence-electron chi connectivity index (χ2n) is 4.62. The van der Waals surface area contributed by atoms with E-state index in [4.69, 9.17) is 16.3 Å². The molecule has 0 unspecified atom stereocenters. The Morgan fingerprint density at radius 2 is 1.67 bits per heavy atom. The number of morpholine rings is 1. The Labute approximate surface area is 98.9 Å². The Hall–Kier alpha value is 0.210. The van der Waals surface area contributed by atoms with E-state index in [1.54, 1.807) is 0 Å². The summed E-state index contributed by atoms with van der Waals surface area (Å²) < 4.78 is 5.70. The highest BCUT2D eigenvalue weighted by atomic mass is 35.5. The third-order valence-electron chi connectivity index (χ3n) is 2.85. The van der Waals surface area contributed by atoms with Crippen LogP contribution in [-0.4, -0.2) is 42.6 Å². The van der Waals surface area contributed by atoms with Gasteiger partial charge in [-0.3, -0.25) is 4.90 Å². The summed E-state index contributed by atoms with van der Waals surface area (Å²) in [5.41, 5.74) is 0. The van der Waals surface area contributed by atoms with Crippen LogP contribution in [0.2, 0.25) is 0 Å². The number of unbranched alkanes of at least 4 members (excludes halogenated alkanes) is 3. The molecule has 90 valence electrons. The lowest BCUT2D eigenvalue weighted by atomic mass is 10.1. The molecule has 0 aromatic rings. The van der Waals surface area contributed by atoms with Crippen LogP contribution in [0, 0.1) is 0 Å². The van der Waals surface area contributed by atoms with Crippen molar-refractivity contribution in [3.63, 3.8) is 0 Å².